The molecule has 4 heteroatoms. The molecule has 0 saturated heterocycles. The predicted molar refractivity (Wildman–Crippen MR) is 56.7 cm³/mol. The van der Waals surface area contributed by atoms with Crippen molar-refractivity contribution < 1.29 is 14.3 Å². The topological polar surface area (TPSA) is 47.9 Å². The molecule has 15 heavy (non-hydrogen) atoms. The number of hydrogen-bond donors (Lipinski definition) is 0. The number of hydrogen-bond acceptors (Lipinski definition) is 4. The zero-order valence-corrected chi connectivity index (χ0v) is 9.03. The van der Waals surface area contributed by atoms with Crippen LogP contribution in [-0.4, -0.2) is 19.8 Å². The third kappa shape index (κ3) is 2.58. The monoisotopic (exact) mass is 207 g/mol. The molecular formula is C11H13NO3. The zero-order valence-electron chi connectivity index (χ0n) is 9.03. The molecule has 0 aliphatic carbocycles. The third-order valence-corrected chi connectivity index (χ3v) is 1.94. The van der Waals surface area contributed by atoms with Gasteiger partial charge in [0, 0.05) is 6.07 Å². The second-order valence-corrected chi connectivity index (χ2v) is 2.93. The highest BCUT2D eigenvalue weighted by Gasteiger charge is 2.07. The van der Waals surface area contributed by atoms with E-state index in [-0.39, 0.29) is 0 Å². The first-order valence-corrected chi connectivity index (χ1v) is 4.62. The van der Waals surface area contributed by atoms with Crippen molar-refractivity contribution in [3.05, 3.63) is 17.7 Å². The number of rotatable bonds is 4. The highest BCUT2D eigenvalue weighted by atomic mass is 16.5. The van der Waals surface area contributed by atoms with Gasteiger partial charge >= 0.3 is 0 Å². The van der Waals surface area contributed by atoms with Crippen LogP contribution in [0.15, 0.2) is 17.1 Å². The summed E-state index contributed by atoms with van der Waals surface area (Å²) in [7, 11) is 1.52. The second-order valence-electron chi connectivity index (χ2n) is 2.93. The lowest BCUT2D eigenvalue weighted by atomic mass is 10.2. The van der Waals surface area contributed by atoms with Crippen LogP contribution < -0.4 is 9.47 Å². The second kappa shape index (κ2) is 5.17. The van der Waals surface area contributed by atoms with Crippen molar-refractivity contribution in [1.82, 2.24) is 0 Å². The Labute approximate surface area is 88.5 Å². The molecule has 0 aliphatic heterocycles. The number of aliphatic imine (C=N–C) groups is 1. The lowest BCUT2D eigenvalue weighted by Gasteiger charge is -2.10. The summed E-state index contributed by atoms with van der Waals surface area (Å²) in [6.45, 7) is 4.37. The van der Waals surface area contributed by atoms with Gasteiger partial charge in [-0.25, -0.2) is 4.79 Å². The van der Waals surface area contributed by atoms with E-state index in [1.807, 2.05) is 13.8 Å². The molecule has 0 bridgehead atoms. The van der Waals surface area contributed by atoms with Gasteiger partial charge in [0.15, 0.2) is 0 Å². The molecule has 0 atom stereocenters. The molecule has 0 saturated carbocycles. The van der Waals surface area contributed by atoms with Crippen LogP contribution in [0.4, 0.5) is 5.69 Å². The number of isocyanates is 1. The summed E-state index contributed by atoms with van der Waals surface area (Å²) in [5.74, 6) is 1.24. The van der Waals surface area contributed by atoms with Gasteiger partial charge < -0.3 is 9.47 Å². The molecule has 0 N–H and O–H groups in total. The Balaban J connectivity index is 3.21. The maximum Gasteiger partial charge on any atom is 0.240 e. The fourth-order valence-electron chi connectivity index (χ4n) is 1.27. The highest BCUT2D eigenvalue weighted by molar-refractivity contribution is 5.62. The molecule has 4 nitrogen and oxygen atoms in total. The van der Waals surface area contributed by atoms with Gasteiger partial charge in [0.1, 0.15) is 17.2 Å². The summed E-state index contributed by atoms with van der Waals surface area (Å²) in [6.07, 6.45) is 1.49. The van der Waals surface area contributed by atoms with E-state index in [0.717, 1.165) is 11.3 Å². The molecule has 0 heterocycles. The van der Waals surface area contributed by atoms with Crippen molar-refractivity contribution in [3.63, 3.8) is 0 Å². The highest BCUT2D eigenvalue weighted by Crippen LogP contribution is 2.34. The molecular weight excluding hydrogens is 194 g/mol. The number of methoxy groups -OCH3 is 1. The molecule has 1 rings (SSSR count). The Kier molecular flexibility index (Phi) is 3.89. The van der Waals surface area contributed by atoms with E-state index in [1.165, 1.54) is 13.2 Å². The number of carbonyl (C=O) groups excluding carboxylic acids is 1. The van der Waals surface area contributed by atoms with Crippen molar-refractivity contribution in [2.45, 2.75) is 13.8 Å². The van der Waals surface area contributed by atoms with E-state index < -0.39 is 0 Å². The summed E-state index contributed by atoms with van der Waals surface area (Å²) in [5.41, 5.74) is 1.38. The minimum absolute atomic E-state index is 0.466. The maximum absolute atomic E-state index is 10.2. The van der Waals surface area contributed by atoms with Gasteiger partial charge in [-0.15, -0.1) is 0 Å². The number of nitrogens with zero attached hydrogens (tertiary/aromatic N) is 1. The van der Waals surface area contributed by atoms with Gasteiger partial charge in [0.25, 0.3) is 0 Å². The number of ether oxygens (including phenoxy) is 2. The summed E-state index contributed by atoms with van der Waals surface area (Å²) >= 11 is 0. The van der Waals surface area contributed by atoms with E-state index >= 15 is 0 Å². The average molecular weight is 207 g/mol. The zero-order chi connectivity index (χ0) is 11.3. The van der Waals surface area contributed by atoms with Gasteiger partial charge in [-0.05, 0) is 25.5 Å². The normalized spacial score (nSPS) is 9.27. The van der Waals surface area contributed by atoms with Crippen molar-refractivity contribution >= 4 is 11.8 Å². The Morgan fingerprint density at radius 2 is 2.13 bits per heavy atom. The molecule has 0 spiro atoms. The molecule has 0 radical (unpaired) electrons. The summed E-state index contributed by atoms with van der Waals surface area (Å²) in [5, 5.41) is 0. The first kappa shape index (κ1) is 11.3. The minimum Gasteiger partial charge on any atom is -0.494 e. The fourth-order valence-corrected chi connectivity index (χ4v) is 1.27. The molecule has 0 amide bonds. The van der Waals surface area contributed by atoms with Crippen molar-refractivity contribution in [2.24, 2.45) is 4.99 Å². The van der Waals surface area contributed by atoms with Crippen molar-refractivity contribution in [3.8, 4) is 11.5 Å². The first-order valence-electron chi connectivity index (χ1n) is 4.62. The van der Waals surface area contributed by atoms with Crippen LogP contribution in [0.25, 0.3) is 0 Å². The van der Waals surface area contributed by atoms with E-state index in [4.69, 9.17) is 9.47 Å². The molecule has 1 aromatic rings. The lowest BCUT2D eigenvalue weighted by Crippen LogP contribution is -1.95. The fraction of sp³-hybridized carbons (Fsp3) is 0.364. The quantitative estimate of drug-likeness (QED) is 0.562. The van der Waals surface area contributed by atoms with Crippen LogP contribution in [0, 0.1) is 6.92 Å². The SMILES string of the molecule is CCOc1cc(OC)c(N=C=O)cc1C. The number of aryl methyl sites for hydroxylation is 1. The van der Waals surface area contributed by atoms with Crippen LogP contribution in [-0.2, 0) is 4.79 Å². The molecule has 80 valence electrons. The van der Waals surface area contributed by atoms with Gasteiger partial charge in [0.05, 0.1) is 13.7 Å². The van der Waals surface area contributed by atoms with Gasteiger partial charge in [0.2, 0.25) is 6.08 Å². The third-order valence-electron chi connectivity index (χ3n) is 1.94. The molecule has 0 aromatic heterocycles. The van der Waals surface area contributed by atoms with E-state index in [2.05, 4.69) is 4.99 Å². The molecule has 0 aliphatic rings. The summed E-state index contributed by atoms with van der Waals surface area (Å²) < 4.78 is 10.5. The van der Waals surface area contributed by atoms with Crippen LogP contribution >= 0.6 is 0 Å². The van der Waals surface area contributed by atoms with E-state index in [9.17, 15) is 4.79 Å². The van der Waals surface area contributed by atoms with Crippen LogP contribution in [0.2, 0.25) is 0 Å². The molecule has 0 fully saturated rings. The van der Waals surface area contributed by atoms with Crippen LogP contribution in [0.5, 0.6) is 11.5 Å². The van der Waals surface area contributed by atoms with Crippen molar-refractivity contribution in [1.29, 1.82) is 0 Å². The van der Waals surface area contributed by atoms with Gasteiger partial charge in [-0.2, -0.15) is 4.99 Å². The Morgan fingerprint density at radius 1 is 1.40 bits per heavy atom. The van der Waals surface area contributed by atoms with Crippen LogP contribution in [0.1, 0.15) is 12.5 Å². The summed E-state index contributed by atoms with van der Waals surface area (Å²) in [4.78, 5) is 13.7. The maximum atomic E-state index is 10.2. The Hall–Kier alpha value is -1.80. The largest absolute Gasteiger partial charge is 0.494 e. The minimum atomic E-state index is 0.466. The first-order chi connectivity index (χ1) is 7.22. The molecule has 0 unspecified atom stereocenters. The van der Waals surface area contributed by atoms with Crippen LogP contribution in [0.3, 0.4) is 0 Å². The van der Waals surface area contributed by atoms with E-state index in [0.29, 0.717) is 18.0 Å². The molecule has 1 aromatic carbocycles. The predicted octanol–water partition coefficient (Wildman–Crippen LogP) is 2.37. The van der Waals surface area contributed by atoms with Gasteiger partial charge in [-0.3, -0.25) is 0 Å². The Bertz CT molecular complexity index is 395. The van der Waals surface area contributed by atoms with E-state index in [1.54, 1.807) is 12.1 Å². The Morgan fingerprint density at radius 3 is 2.67 bits per heavy atom. The standard InChI is InChI=1S/C11H13NO3/c1-4-15-10-6-11(14-3)9(12-7-13)5-8(10)2/h5-6H,4H2,1-3H3. The van der Waals surface area contributed by atoms with Gasteiger partial charge in [-0.1, -0.05) is 0 Å². The number of benzene rings is 1. The summed E-state index contributed by atoms with van der Waals surface area (Å²) in [6, 6.07) is 3.45. The smallest absolute Gasteiger partial charge is 0.240 e. The van der Waals surface area contributed by atoms with Crippen molar-refractivity contribution in [2.75, 3.05) is 13.7 Å². The average Bonchev–Trinajstić information content (AvgIpc) is 2.22. The lowest BCUT2D eigenvalue weighted by molar-refractivity contribution is 0.334.